The third kappa shape index (κ3) is 2.15. The van der Waals surface area contributed by atoms with E-state index in [9.17, 15) is 13.2 Å². The monoisotopic (exact) mass is 318 g/mol. The average Bonchev–Trinajstić information content (AvgIpc) is 3.14. The Kier molecular flexibility index (Phi) is 3.39. The van der Waals surface area contributed by atoms with Crippen molar-refractivity contribution in [1.82, 2.24) is 9.29 Å². The van der Waals surface area contributed by atoms with Crippen molar-refractivity contribution in [3.8, 4) is 6.07 Å². The number of hydrogen-bond donors (Lipinski definition) is 2. The SMILES string of the molecule is N#Cc1ccc2[nH]c(C(N)=O)c(S(=O)(=O)N3CCCC3)c2c1. The summed E-state index contributed by atoms with van der Waals surface area (Å²) in [6, 6.07) is 6.55. The molecule has 22 heavy (non-hydrogen) atoms. The molecule has 0 saturated carbocycles. The summed E-state index contributed by atoms with van der Waals surface area (Å²) < 4.78 is 27.0. The lowest BCUT2D eigenvalue weighted by Crippen LogP contribution is -2.29. The third-order valence-electron chi connectivity index (χ3n) is 3.79. The fourth-order valence-corrected chi connectivity index (χ4v) is 4.59. The van der Waals surface area contributed by atoms with E-state index in [2.05, 4.69) is 4.98 Å². The maximum Gasteiger partial charge on any atom is 0.266 e. The number of nitrogens with two attached hydrogens (primary N) is 1. The van der Waals surface area contributed by atoms with Gasteiger partial charge in [-0.15, -0.1) is 0 Å². The highest BCUT2D eigenvalue weighted by Gasteiger charge is 2.33. The fraction of sp³-hybridized carbons (Fsp3) is 0.286. The summed E-state index contributed by atoms with van der Waals surface area (Å²) in [4.78, 5) is 14.3. The Balaban J connectivity index is 2.32. The van der Waals surface area contributed by atoms with Crippen molar-refractivity contribution in [2.45, 2.75) is 17.7 Å². The van der Waals surface area contributed by atoms with E-state index >= 15 is 0 Å². The average molecular weight is 318 g/mol. The molecule has 2 heterocycles. The number of nitrogens with zero attached hydrogens (tertiary/aromatic N) is 2. The van der Waals surface area contributed by atoms with Gasteiger partial charge in [-0.2, -0.15) is 9.57 Å². The van der Waals surface area contributed by atoms with Gasteiger partial charge in [0.05, 0.1) is 11.6 Å². The Hall–Kier alpha value is -2.37. The number of aromatic amines is 1. The van der Waals surface area contributed by atoms with Crippen LogP contribution >= 0.6 is 0 Å². The van der Waals surface area contributed by atoms with Crippen LogP contribution in [0, 0.1) is 11.3 Å². The van der Waals surface area contributed by atoms with Gasteiger partial charge >= 0.3 is 0 Å². The van der Waals surface area contributed by atoms with Crippen LogP contribution in [0.15, 0.2) is 23.1 Å². The molecular formula is C14H14N4O3S. The van der Waals surface area contributed by atoms with Crippen molar-refractivity contribution in [2.24, 2.45) is 5.73 Å². The maximum absolute atomic E-state index is 12.8. The second-order valence-electron chi connectivity index (χ2n) is 5.18. The van der Waals surface area contributed by atoms with Crippen molar-refractivity contribution < 1.29 is 13.2 Å². The number of nitriles is 1. The number of fused-ring (bicyclic) bond motifs is 1. The van der Waals surface area contributed by atoms with E-state index in [-0.39, 0.29) is 10.6 Å². The molecule has 1 aromatic carbocycles. The van der Waals surface area contributed by atoms with E-state index in [4.69, 9.17) is 11.0 Å². The van der Waals surface area contributed by atoms with Gasteiger partial charge in [-0.3, -0.25) is 4.79 Å². The van der Waals surface area contributed by atoms with E-state index in [1.807, 2.05) is 6.07 Å². The standard InChI is InChI=1S/C14H14N4O3S/c15-8-9-3-4-11-10(7-9)13(12(17-11)14(16)19)22(20,21)18-5-1-2-6-18/h3-4,7,17H,1-2,5-6H2,(H2,16,19). The van der Waals surface area contributed by atoms with Gasteiger partial charge in [-0.05, 0) is 31.0 Å². The maximum atomic E-state index is 12.8. The van der Waals surface area contributed by atoms with Crippen LogP contribution in [0.3, 0.4) is 0 Å². The van der Waals surface area contributed by atoms with Gasteiger partial charge in [0, 0.05) is 24.0 Å². The number of nitrogens with one attached hydrogen (secondary N) is 1. The van der Waals surface area contributed by atoms with Gasteiger partial charge in [-0.1, -0.05) is 0 Å². The lowest BCUT2D eigenvalue weighted by Gasteiger charge is -2.15. The molecule has 1 aromatic heterocycles. The molecule has 0 atom stereocenters. The number of hydrogen-bond acceptors (Lipinski definition) is 4. The van der Waals surface area contributed by atoms with Crippen LogP contribution in [0.25, 0.3) is 10.9 Å². The van der Waals surface area contributed by atoms with Gasteiger partial charge in [0.25, 0.3) is 5.91 Å². The van der Waals surface area contributed by atoms with Gasteiger partial charge in [0.2, 0.25) is 10.0 Å². The molecule has 0 aliphatic carbocycles. The van der Waals surface area contributed by atoms with Crippen LogP contribution < -0.4 is 5.73 Å². The van der Waals surface area contributed by atoms with Crippen LogP contribution in [0.5, 0.6) is 0 Å². The normalized spacial score (nSPS) is 16.0. The Labute approximate surface area is 127 Å². The van der Waals surface area contributed by atoms with Crippen LogP contribution in [-0.4, -0.2) is 36.7 Å². The van der Waals surface area contributed by atoms with Crippen molar-refractivity contribution in [2.75, 3.05) is 13.1 Å². The van der Waals surface area contributed by atoms with Gasteiger partial charge in [-0.25, -0.2) is 8.42 Å². The van der Waals surface area contributed by atoms with Crippen LogP contribution in [0.1, 0.15) is 28.9 Å². The highest BCUT2D eigenvalue weighted by molar-refractivity contribution is 7.89. The molecule has 7 nitrogen and oxygen atoms in total. The number of rotatable bonds is 3. The van der Waals surface area contributed by atoms with E-state index < -0.39 is 15.9 Å². The second-order valence-corrected chi connectivity index (χ2v) is 7.05. The Morgan fingerprint density at radius 3 is 2.59 bits per heavy atom. The predicted molar refractivity (Wildman–Crippen MR) is 79.5 cm³/mol. The molecule has 3 rings (SSSR count). The van der Waals surface area contributed by atoms with Crippen molar-refractivity contribution in [3.63, 3.8) is 0 Å². The largest absolute Gasteiger partial charge is 0.364 e. The zero-order valence-corrected chi connectivity index (χ0v) is 12.5. The molecular weight excluding hydrogens is 304 g/mol. The summed E-state index contributed by atoms with van der Waals surface area (Å²) in [5.74, 6) is -0.840. The minimum absolute atomic E-state index is 0.131. The number of benzene rings is 1. The number of carbonyl (C=O) groups excluding carboxylic acids is 1. The number of aromatic nitrogens is 1. The highest BCUT2D eigenvalue weighted by Crippen LogP contribution is 2.31. The van der Waals surface area contributed by atoms with Crippen molar-refractivity contribution in [1.29, 1.82) is 5.26 Å². The summed E-state index contributed by atoms with van der Waals surface area (Å²) in [5, 5.41) is 9.33. The first-order valence-electron chi connectivity index (χ1n) is 6.81. The molecule has 3 N–H and O–H groups in total. The molecule has 114 valence electrons. The van der Waals surface area contributed by atoms with Crippen LogP contribution in [0.2, 0.25) is 0 Å². The summed E-state index contributed by atoms with van der Waals surface area (Å²) >= 11 is 0. The van der Waals surface area contributed by atoms with Crippen LogP contribution in [-0.2, 0) is 10.0 Å². The van der Waals surface area contributed by atoms with E-state index in [1.54, 1.807) is 12.1 Å². The van der Waals surface area contributed by atoms with Crippen molar-refractivity contribution in [3.05, 3.63) is 29.5 Å². The second kappa shape index (κ2) is 5.12. The van der Waals surface area contributed by atoms with Gasteiger partial charge < -0.3 is 10.7 Å². The minimum Gasteiger partial charge on any atom is -0.364 e. The fourth-order valence-electron chi connectivity index (χ4n) is 2.74. The molecule has 1 aliphatic heterocycles. The summed E-state index contributed by atoms with van der Waals surface area (Å²) in [5.41, 5.74) is 5.97. The number of carbonyl (C=O) groups is 1. The molecule has 2 aromatic rings. The first-order valence-corrected chi connectivity index (χ1v) is 8.25. The first kappa shape index (κ1) is 14.6. The number of H-pyrrole nitrogens is 1. The molecule has 0 spiro atoms. The topological polar surface area (TPSA) is 120 Å². The third-order valence-corrected chi connectivity index (χ3v) is 5.77. The number of sulfonamides is 1. The van der Waals surface area contributed by atoms with E-state index in [0.29, 0.717) is 29.6 Å². The van der Waals surface area contributed by atoms with Gasteiger partial charge in [0.15, 0.2) is 0 Å². The molecule has 8 heteroatoms. The summed E-state index contributed by atoms with van der Waals surface area (Å²) in [6.07, 6.45) is 1.58. The zero-order chi connectivity index (χ0) is 15.9. The Morgan fingerprint density at radius 2 is 2.00 bits per heavy atom. The highest BCUT2D eigenvalue weighted by atomic mass is 32.2. The molecule has 0 radical (unpaired) electrons. The molecule has 0 unspecified atom stereocenters. The van der Waals surface area contributed by atoms with E-state index in [1.165, 1.54) is 10.4 Å². The molecule has 1 fully saturated rings. The summed E-state index contributed by atoms with van der Waals surface area (Å²) in [6.45, 7) is 0.844. The Morgan fingerprint density at radius 1 is 1.32 bits per heavy atom. The first-order chi connectivity index (χ1) is 10.4. The van der Waals surface area contributed by atoms with E-state index in [0.717, 1.165) is 12.8 Å². The molecule has 0 bridgehead atoms. The molecule has 1 saturated heterocycles. The van der Waals surface area contributed by atoms with Crippen LogP contribution in [0.4, 0.5) is 0 Å². The lowest BCUT2D eigenvalue weighted by atomic mass is 10.2. The number of primary amides is 1. The number of amides is 1. The van der Waals surface area contributed by atoms with Crippen molar-refractivity contribution >= 4 is 26.8 Å². The lowest BCUT2D eigenvalue weighted by molar-refractivity contribution is 0.0993. The van der Waals surface area contributed by atoms with Gasteiger partial charge in [0.1, 0.15) is 10.6 Å². The Bertz CT molecular complexity index is 902. The predicted octanol–water partition coefficient (Wildman–Crippen LogP) is 0.923. The molecule has 1 amide bonds. The smallest absolute Gasteiger partial charge is 0.266 e. The quantitative estimate of drug-likeness (QED) is 0.874. The molecule has 1 aliphatic rings. The summed E-state index contributed by atoms with van der Waals surface area (Å²) in [7, 11) is -3.83. The zero-order valence-electron chi connectivity index (χ0n) is 11.7. The minimum atomic E-state index is -3.83.